The fraction of sp³-hybridized carbons (Fsp3) is 0. The van der Waals surface area contributed by atoms with Gasteiger partial charge in [0.15, 0.2) is 0 Å². The summed E-state index contributed by atoms with van der Waals surface area (Å²) in [7, 11) is 0. The van der Waals surface area contributed by atoms with Gasteiger partial charge in [-0.05, 0) is 58.6 Å². The second-order valence-electron chi connectivity index (χ2n) is 12.4. The summed E-state index contributed by atoms with van der Waals surface area (Å²) in [6.45, 7) is 0. The van der Waals surface area contributed by atoms with E-state index in [9.17, 15) is 5.26 Å². The van der Waals surface area contributed by atoms with E-state index in [2.05, 4.69) is 167 Å². The van der Waals surface area contributed by atoms with Crippen LogP contribution in [-0.2, 0) is 0 Å². The summed E-state index contributed by atoms with van der Waals surface area (Å²) in [5, 5.41) is 19.1. The van der Waals surface area contributed by atoms with Crippen molar-refractivity contribution in [1.29, 1.82) is 5.26 Å². The first kappa shape index (κ1) is 26.6. The van der Waals surface area contributed by atoms with E-state index >= 15 is 0 Å². The van der Waals surface area contributed by atoms with Crippen LogP contribution < -0.4 is 0 Å². The first-order chi connectivity index (χ1) is 23.8. The van der Waals surface area contributed by atoms with Crippen molar-refractivity contribution in [3.8, 4) is 28.6 Å². The van der Waals surface area contributed by atoms with Crippen LogP contribution in [0.1, 0.15) is 5.56 Å². The molecular weight excluding hydrogens is 583 g/mol. The summed E-state index contributed by atoms with van der Waals surface area (Å²) in [6.07, 6.45) is 0. The largest absolute Gasteiger partial charge is 0.309 e. The molecule has 10 aromatic rings. The smallest absolute Gasteiger partial charge is 0.0991 e. The van der Waals surface area contributed by atoms with Gasteiger partial charge in [-0.25, -0.2) is 0 Å². The van der Waals surface area contributed by atoms with Crippen LogP contribution in [0.25, 0.3) is 87.7 Å². The van der Waals surface area contributed by atoms with Crippen molar-refractivity contribution in [2.24, 2.45) is 0 Å². The lowest BCUT2D eigenvalue weighted by molar-refractivity contribution is 1.18. The molecule has 0 aliphatic carbocycles. The van der Waals surface area contributed by atoms with Crippen LogP contribution in [0, 0.1) is 11.3 Å². The molecule has 0 saturated heterocycles. The molecule has 0 N–H and O–H groups in total. The molecule has 0 spiro atoms. The molecule has 0 aliphatic heterocycles. The zero-order valence-electron chi connectivity index (χ0n) is 25.9. The van der Waals surface area contributed by atoms with Crippen molar-refractivity contribution in [1.82, 2.24) is 9.13 Å². The van der Waals surface area contributed by atoms with Crippen molar-refractivity contribution in [2.75, 3.05) is 0 Å². The summed E-state index contributed by atoms with van der Waals surface area (Å²) in [6, 6.07) is 60.8. The molecule has 0 amide bonds. The van der Waals surface area contributed by atoms with Crippen LogP contribution >= 0.6 is 0 Å². The maximum absolute atomic E-state index is 9.71. The molecule has 0 unspecified atom stereocenters. The van der Waals surface area contributed by atoms with Crippen LogP contribution in [0.2, 0.25) is 0 Å². The summed E-state index contributed by atoms with van der Waals surface area (Å²) in [4.78, 5) is 0. The molecule has 0 aliphatic rings. The van der Waals surface area contributed by atoms with Gasteiger partial charge in [0, 0.05) is 43.7 Å². The van der Waals surface area contributed by atoms with Crippen molar-refractivity contribution in [2.45, 2.75) is 0 Å². The normalized spacial score (nSPS) is 11.7. The van der Waals surface area contributed by atoms with Crippen molar-refractivity contribution in [3.05, 3.63) is 169 Å². The number of rotatable bonds is 3. The third kappa shape index (κ3) is 3.69. The molecular formula is C45H27N3. The molecule has 0 fully saturated rings. The molecule has 2 heterocycles. The Morgan fingerprint density at radius 1 is 0.396 bits per heavy atom. The molecule has 0 atom stereocenters. The average Bonchev–Trinajstić information content (AvgIpc) is 3.68. The van der Waals surface area contributed by atoms with Crippen LogP contribution in [0.15, 0.2) is 164 Å². The van der Waals surface area contributed by atoms with Crippen LogP contribution in [0.3, 0.4) is 0 Å². The van der Waals surface area contributed by atoms with E-state index in [-0.39, 0.29) is 0 Å². The molecule has 0 saturated carbocycles. The molecule has 3 heteroatoms. The zero-order valence-corrected chi connectivity index (χ0v) is 25.9. The van der Waals surface area contributed by atoms with Gasteiger partial charge in [0.25, 0.3) is 0 Å². The highest BCUT2D eigenvalue weighted by Gasteiger charge is 2.22. The highest BCUT2D eigenvalue weighted by molar-refractivity contribution is 6.20. The highest BCUT2D eigenvalue weighted by Crippen LogP contribution is 2.44. The Labute approximate surface area is 276 Å². The highest BCUT2D eigenvalue weighted by atomic mass is 15.0. The van der Waals surface area contributed by atoms with E-state index in [1.165, 1.54) is 49.2 Å². The number of nitriles is 1. The SMILES string of the molecule is N#Cc1ccc2cc(-n3c4ccccc4c4cccc(-c5cccc6c7ccccc7n(-c7ccccc7)c56)c43)c3ccccc3c2c1. The molecule has 8 aromatic carbocycles. The lowest BCUT2D eigenvalue weighted by Gasteiger charge is -2.17. The Kier molecular flexibility index (Phi) is 5.64. The van der Waals surface area contributed by atoms with Gasteiger partial charge in [-0.3, -0.25) is 0 Å². The minimum atomic E-state index is 0.668. The van der Waals surface area contributed by atoms with Crippen molar-refractivity contribution >= 4 is 65.2 Å². The number of benzene rings is 8. The molecule has 48 heavy (non-hydrogen) atoms. The molecule has 0 radical (unpaired) electrons. The maximum Gasteiger partial charge on any atom is 0.0991 e. The Morgan fingerprint density at radius 3 is 1.60 bits per heavy atom. The summed E-state index contributed by atoms with van der Waals surface area (Å²) in [5.41, 5.74) is 10.0. The maximum atomic E-state index is 9.71. The van der Waals surface area contributed by atoms with E-state index < -0.39 is 0 Å². The average molecular weight is 610 g/mol. The van der Waals surface area contributed by atoms with Crippen LogP contribution in [-0.4, -0.2) is 9.13 Å². The topological polar surface area (TPSA) is 33.6 Å². The number of hydrogen-bond acceptors (Lipinski definition) is 1. The van der Waals surface area contributed by atoms with E-state index in [0.717, 1.165) is 38.4 Å². The van der Waals surface area contributed by atoms with Crippen molar-refractivity contribution in [3.63, 3.8) is 0 Å². The summed E-state index contributed by atoms with van der Waals surface area (Å²) >= 11 is 0. The van der Waals surface area contributed by atoms with Gasteiger partial charge in [-0.1, -0.05) is 121 Å². The number of nitrogens with zero attached hydrogens (tertiary/aromatic N) is 3. The van der Waals surface area contributed by atoms with Gasteiger partial charge in [-0.2, -0.15) is 5.26 Å². The fourth-order valence-electron chi connectivity index (χ4n) is 7.90. The van der Waals surface area contributed by atoms with Crippen LogP contribution in [0.5, 0.6) is 0 Å². The van der Waals surface area contributed by atoms with Gasteiger partial charge >= 0.3 is 0 Å². The number of fused-ring (bicyclic) bond motifs is 9. The molecule has 2 aromatic heterocycles. The number of hydrogen-bond donors (Lipinski definition) is 0. The van der Waals surface area contributed by atoms with Gasteiger partial charge in [0.05, 0.1) is 39.4 Å². The first-order valence-corrected chi connectivity index (χ1v) is 16.3. The Hall–Kier alpha value is -6.63. The Bertz CT molecular complexity index is 2950. The lowest BCUT2D eigenvalue weighted by atomic mass is 9.97. The monoisotopic (exact) mass is 609 g/mol. The van der Waals surface area contributed by atoms with Gasteiger partial charge in [-0.15, -0.1) is 0 Å². The van der Waals surface area contributed by atoms with Crippen molar-refractivity contribution < 1.29 is 0 Å². The van der Waals surface area contributed by atoms with Gasteiger partial charge in [0.2, 0.25) is 0 Å². The van der Waals surface area contributed by atoms with Gasteiger partial charge in [0.1, 0.15) is 0 Å². The standard InChI is InChI=1S/C45H27N3/c46-28-29-24-25-30-27-43(33-15-5-4-14-32(33)40(30)26-29)48-42-23-9-7-17-35(42)37-19-11-21-39(45(37)48)38-20-10-18-36-34-16-6-8-22-41(34)47(44(36)38)31-12-2-1-3-13-31/h1-27H. The third-order valence-electron chi connectivity index (χ3n) is 9.90. The van der Waals surface area contributed by atoms with E-state index in [1.807, 2.05) is 12.1 Å². The molecule has 10 rings (SSSR count). The lowest BCUT2D eigenvalue weighted by Crippen LogP contribution is -1.99. The fourth-order valence-corrected chi connectivity index (χ4v) is 7.90. The van der Waals surface area contributed by atoms with Crippen LogP contribution in [0.4, 0.5) is 0 Å². The zero-order chi connectivity index (χ0) is 31.8. The Balaban J connectivity index is 1.39. The second-order valence-corrected chi connectivity index (χ2v) is 12.4. The minimum Gasteiger partial charge on any atom is -0.309 e. The number of aromatic nitrogens is 2. The summed E-state index contributed by atoms with van der Waals surface area (Å²) in [5.74, 6) is 0. The molecule has 222 valence electrons. The van der Waals surface area contributed by atoms with E-state index in [4.69, 9.17) is 0 Å². The molecule has 0 bridgehead atoms. The first-order valence-electron chi connectivity index (χ1n) is 16.3. The predicted molar refractivity (Wildman–Crippen MR) is 200 cm³/mol. The van der Waals surface area contributed by atoms with E-state index in [0.29, 0.717) is 5.56 Å². The second kappa shape index (κ2) is 10.2. The van der Waals surface area contributed by atoms with Gasteiger partial charge < -0.3 is 9.13 Å². The molecule has 3 nitrogen and oxygen atoms in total. The number of para-hydroxylation sites is 5. The minimum absolute atomic E-state index is 0.668. The summed E-state index contributed by atoms with van der Waals surface area (Å²) < 4.78 is 4.89. The van der Waals surface area contributed by atoms with E-state index in [1.54, 1.807) is 0 Å². The third-order valence-corrected chi connectivity index (χ3v) is 9.90. The Morgan fingerprint density at radius 2 is 0.938 bits per heavy atom. The quantitative estimate of drug-likeness (QED) is 0.183. The predicted octanol–water partition coefficient (Wildman–Crippen LogP) is 11.7.